The normalized spacial score (nSPS) is 10.4. The van der Waals surface area contributed by atoms with Gasteiger partial charge < -0.3 is 0 Å². The molecule has 1 heterocycles. The summed E-state index contributed by atoms with van der Waals surface area (Å²) in [5.74, 6) is -0.984. The highest BCUT2D eigenvalue weighted by molar-refractivity contribution is 5.41. The van der Waals surface area contributed by atoms with Crippen LogP contribution in [0.15, 0.2) is 34.0 Å². The van der Waals surface area contributed by atoms with Gasteiger partial charge in [0.05, 0.1) is 11.0 Å². The van der Waals surface area contributed by atoms with Crippen molar-refractivity contribution < 1.29 is 9.31 Å². The largest absolute Gasteiger partial charge is 0.352 e. The minimum atomic E-state index is -0.984. The summed E-state index contributed by atoms with van der Waals surface area (Å²) in [4.78, 5) is 32.6. The predicted molar refractivity (Wildman–Crippen MR) is 61.7 cm³/mol. The number of aromatic nitrogens is 3. The molecule has 0 saturated carbocycles. The van der Waals surface area contributed by atoms with Crippen LogP contribution in [0.25, 0.3) is 5.69 Å². The predicted octanol–water partition coefficient (Wildman–Crippen LogP) is -0.0215. The van der Waals surface area contributed by atoms with E-state index in [2.05, 4.69) is 5.10 Å². The van der Waals surface area contributed by atoms with Gasteiger partial charge in [-0.15, -0.1) is 0 Å². The summed E-state index contributed by atoms with van der Waals surface area (Å²) in [6, 6.07) is 2.76. The summed E-state index contributed by atoms with van der Waals surface area (Å²) in [6.45, 7) is 0. The lowest BCUT2D eigenvalue weighted by Crippen LogP contribution is -2.38. The van der Waals surface area contributed by atoms with Crippen molar-refractivity contribution in [2.24, 2.45) is 7.05 Å². The first-order valence-corrected chi connectivity index (χ1v) is 5.01. The van der Waals surface area contributed by atoms with Gasteiger partial charge in [0.2, 0.25) is 0 Å². The van der Waals surface area contributed by atoms with Crippen LogP contribution in [-0.4, -0.2) is 19.3 Å². The van der Waals surface area contributed by atoms with Crippen LogP contribution < -0.4 is 11.2 Å². The molecule has 0 spiro atoms. The van der Waals surface area contributed by atoms with Crippen LogP contribution in [0.3, 0.4) is 0 Å². The molecule has 0 aliphatic carbocycles. The van der Waals surface area contributed by atoms with Crippen molar-refractivity contribution in [1.82, 2.24) is 14.3 Å². The topological polar surface area (TPSA) is 100 Å². The van der Waals surface area contributed by atoms with Crippen LogP contribution in [0.5, 0.6) is 0 Å². The third-order valence-corrected chi connectivity index (χ3v) is 2.45. The number of nitro groups is 1. The van der Waals surface area contributed by atoms with Crippen molar-refractivity contribution in [2.45, 2.75) is 0 Å². The third-order valence-electron chi connectivity index (χ3n) is 2.45. The highest BCUT2D eigenvalue weighted by atomic mass is 19.1. The fraction of sp³-hybridized carbons (Fsp3) is 0.100. The van der Waals surface area contributed by atoms with E-state index in [0.717, 1.165) is 22.9 Å². The first-order chi connectivity index (χ1) is 8.91. The van der Waals surface area contributed by atoms with E-state index in [9.17, 15) is 24.1 Å². The van der Waals surface area contributed by atoms with E-state index in [0.29, 0.717) is 10.7 Å². The first kappa shape index (κ1) is 12.6. The zero-order chi connectivity index (χ0) is 14.2. The Kier molecular flexibility index (Phi) is 2.95. The summed E-state index contributed by atoms with van der Waals surface area (Å²) in [5, 5.41) is 14.0. The van der Waals surface area contributed by atoms with E-state index in [4.69, 9.17) is 0 Å². The zero-order valence-electron chi connectivity index (χ0n) is 9.61. The Balaban J connectivity index is 2.67. The van der Waals surface area contributed by atoms with Gasteiger partial charge in [0.15, 0.2) is 5.82 Å². The van der Waals surface area contributed by atoms with Gasteiger partial charge in [-0.1, -0.05) is 0 Å². The average Bonchev–Trinajstić information content (AvgIpc) is 2.37. The SMILES string of the molecule is Cn1c(=O)cnn(-c2ccc([N+](=O)[O-])cc2F)c1=O. The molecular weight excluding hydrogens is 259 g/mol. The van der Waals surface area contributed by atoms with E-state index in [-0.39, 0.29) is 5.69 Å². The Bertz CT molecular complexity index is 780. The second kappa shape index (κ2) is 4.44. The Morgan fingerprint density at radius 2 is 2.05 bits per heavy atom. The Hall–Kier alpha value is -2.84. The van der Waals surface area contributed by atoms with Crippen LogP contribution in [0.1, 0.15) is 0 Å². The first-order valence-electron chi connectivity index (χ1n) is 5.01. The summed E-state index contributed by atoms with van der Waals surface area (Å²) >= 11 is 0. The van der Waals surface area contributed by atoms with Crippen molar-refractivity contribution >= 4 is 5.69 Å². The molecule has 0 fully saturated rings. The number of hydrogen-bond acceptors (Lipinski definition) is 5. The van der Waals surface area contributed by atoms with Crippen molar-refractivity contribution in [1.29, 1.82) is 0 Å². The number of nitro benzene ring substituents is 1. The molecule has 0 radical (unpaired) electrons. The van der Waals surface area contributed by atoms with Gasteiger partial charge >= 0.3 is 5.69 Å². The molecule has 1 aromatic carbocycles. The second-order valence-corrected chi connectivity index (χ2v) is 3.63. The van der Waals surface area contributed by atoms with Gasteiger partial charge in [-0.3, -0.25) is 19.5 Å². The van der Waals surface area contributed by atoms with Crippen LogP contribution in [0, 0.1) is 15.9 Å². The molecule has 1 aromatic heterocycles. The summed E-state index contributed by atoms with van der Waals surface area (Å²) in [6.07, 6.45) is 0.849. The average molecular weight is 266 g/mol. The van der Waals surface area contributed by atoms with Crippen LogP contribution in [0.4, 0.5) is 10.1 Å². The molecule has 98 valence electrons. The summed E-state index contributed by atoms with van der Waals surface area (Å²) in [5.41, 5.74) is -2.20. The van der Waals surface area contributed by atoms with E-state index < -0.39 is 27.7 Å². The van der Waals surface area contributed by atoms with Crippen molar-refractivity contribution in [3.05, 3.63) is 61.2 Å². The smallest absolute Gasteiger partial charge is 0.267 e. The second-order valence-electron chi connectivity index (χ2n) is 3.63. The molecule has 2 rings (SSSR count). The number of rotatable bonds is 2. The van der Waals surface area contributed by atoms with Gasteiger partial charge in [-0.25, -0.2) is 9.18 Å². The molecule has 0 unspecified atom stereocenters. The van der Waals surface area contributed by atoms with Crippen LogP contribution in [-0.2, 0) is 7.05 Å². The van der Waals surface area contributed by atoms with E-state index in [1.54, 1.807) is 0 Å². The minimum Gasteiger partial charge on any atom is -0.267 e. The van der Waals surface area contributed by atoms with Gasteiger partial charge in [-0.05, 0) is 6.07 Å². The number of non-ortho nitro benzene ring substituents is 1. The Morgan fingerprint density at radius 1 is 1.37 bits per heavy atom. The quantitative estimate of drug-likeness (QED) is 0.561. The molecular formula is C10H7FN4O4. The van der Waals surface area contributed by atoms with Crippen molar-refractivity contribution in [2.75, 3.05) is 0 Å². The Labute approximate surface area is 104 Å². The highest BCUT2D eigenvalue weighted by Gasteiger charge is 2.14. The molecule has 0 N–H and O–H groups in total. The fourth-order valence-corrected chi connectivity index (χ4v) is 1.43. The lowest BCUT2D eigenvalue weighted by Gasteiger charge is -2.06. The van der Waals surface area contributed by atoms with Crippen molar-refractivity contribution in [3.63, 3.8) is 0 Å². The number of halogens is 1. The number of nitrogens with zero attached hydrogens (tertiary/aromatic N) is 4. The maximum atomic E-state index is 13.7. The molecule has 2 aromatic rings. The minimum absolute atomic E-state index is 0.272. The molecule has 0 aliphatic heterocycles. The van der Waals surface area contributed by atoms with Crippen molar-refractivity contribution in [3.8, 4) is 5.69 Å². The molecule has 0 saturated heterocycles. The summed E-state index contributed by atoms with van der Waals surface area (Å²) in [7, 11) is 1.21. The zero-order valence-corrected chi connectivity index (χ0v) is 9.61. The van der Waals surface area contributed by atoms with Crippen LogP contribution >= 0.6 is 0 Å². The number of benzene rings is 1. The van der Waals surface area contributed by atoms with Gasteiger partial charge in [0.25, 0.3) is 11.2 Å². The standard InChI is InChI=1S/C10H7FN4O4/c1-13-9(16)5-12-14(10(13)17)8-3-2-6(15(18)19)4-7(8)11/h2-5H,1H3. The van der Waals surface area contributed by atoms with Gasteiger partial charge in [-0.2, -0.15) is 9.78 Å². The van der Waals surface area contributed by atoms with E-state index in [1.807, 2.05) is 0 Å². The number of hydrogen-bond donors (Lipinski definition) is 0. The molecule has 0 aliphatic rings. The molecule has 9 heteroatoms. The lowest BCUT2D eigenvalue weighted by molar-refractivity contribution is -0.385. The van der Waals surface area contributed by atoms with Crippen LogP contribution in [0.2, 0.25) is 0 Å². The van der Waals surface area contributed by atoms with Gasteiger partial charge in [0, 0.05) is 13.1 Å². The maximum Gasteiger partial charge on any atom is 0.352 e. The summed E-state index contributed by atoms with van der Waals surface area (Å²) < 4.78 is 15.1. The Morgan fingerprint density at radius 3 is 2.63 bits per heavy atom. The third kappa shape index (κ3) is 2.12. The molecule has 0 atom stereocenters. The molecule has 0 bridgehead atoms. The molecule has 19 heavy (non-hydrogen) atoms. The van der Waals surface area contributed by atoms with E-state index in [1.165, 1.54) is 7.05 Å². The molecule has 8 nitrogen and oxygen atoms in total. The highest BCUT2D eigenvalue weighted by Crippen LogP contribution is 2.17. The van der Waals surface area contributed by atoms with Gasteiger partial charge in [0.1, 0.15) is 11.9 Å². The van der Waals surface area contributed by atoms with E-state index >= 15 is 0 Å². The maximum absolute atomic E-state index is 13.7. The fourth-order valence-electron chi connectivity index (χ4n) is 1.43. The molecule has 0 amide bonds. The monoisotopic (exact) mass is 266 g/mol. The lowest BCUT2D eigenvalue weighted by atomic mass is 10.2.